The summed E-state index contributed by atoms with van der Waals surface area (Å²) < 4.78 is 49.3. The lowest BCUT2D eigenvalue weighted by molar-refractivity contribution is -0.0316. The summed E-state index contributed by atoms with van der Waals surface area (Å²) in [5.41, 5.74) is 0.294. The molecule has 10 heteroatoms. The normalized spacial score (nSPS) is 30.5. The molecule has 8 nitrogen and oxygen atoms in total. The average Bonchev–Trinajstić information content (AvgIpc) is 2.27. The van der Waals surface area contributed by atoms with Gasteiger partial charge in [0, 0.05) is 32.2 Å². The number of nitrogens with zero attached hydrogens (tertiary/aromatic N) is 2. The van der Waals surface area contributed by atoms with E-state index in [2.05, 4.69) is 23.5 Å². The predicted molar refractivity (Wildman–Crippen MR) is 87.6 cm³/mol. The molecular formula is C13H26N4O4S2. The quantitative estimate of drug-likeness (QED) is 0.605. The Balaban J connectivity index is 1.41. The topological polar surface area (TPSA) is 113 Å². The molecule has 3 rings (SSSR count). The number of nitrogens with two attached hydrogens (primary N) is 1. The highest BCUT2D eigenvalue weighted by Crippen LogP contribution is 2.45. The maximum Gasteiger partial charge on any atom is 0.218 e. The summed E-state index contributed by atoms with van der Waals surface area (Å²) in [6.07, 6.45) is 2.35. The Morgan fingerprint density at radius 1 is 1.09 bits per heavy atom. The molecule has 3 N–H and O–H groups in total. The van der Waals surface area contributed by atoms with Gasteiger partial charge in [0.15, 0.2) is 0 Å². The average molecular weight is 367 g/mol. The fourth-order valence-electron chi connectivity index (χ4n) is 3.61. The van der Waals surface area contributed by atoms with Gasteiger partial charge in [-0.15, -0.1) is 0 Å². The zero-order valence-corrected chi connectivity index (χ0v) is 15.2. The van der Waals surface area contributed by atoms with Crippen molar-refractivity contribution in [1.82, 2.24) is 14.5 Å². The van der Waals surface area contributed by atoms with Crippen molar-refractivity contribution in [1.29, 1.82) is 0 Å². The van der Waals surface area contributed by atoms with Gasteiger partial charge in [-0.3, -0.25) is 9.80 Å². The third-order valence-electron chi connectivity index (χ3n) is 5.60. The Bertz CT molecular complexity index is 664. The molecule has 2 heterocycles. The molecule has 0 aromatic heterocycles. The van der Waals surface area contributed by atoms with Gasteiger partial charge < -0.3 is 0 Å². The highest BCUT2D eigenvalue weighted by Gasteiger charge is 2.49. The molecular weight excluding hydrogens is 340 g/mol. The SMILES string of the molecule is CC1(C)CCC1N1CC(S(=O)(=O)NCN2CC(S(N)(=O)=O)C2)C1. The van der Waals surface area contributed by atoms with Gasteiger partial charge in [-0.05, 0) is 18.3 Å². The van der Waals surface area contributed by atoms with Crippen LogP contribution in [0.25, 0.3) is 0 Å². The lowest BCUT2D eigenvalue weighted by Crippen LogP contribution is -2.66. The summed E-state index contributed by atoms with van der Waals surface area (Å²) >= 11 is 0. The molecule has 1 atom stereocenters. The molecule has 1 saturated carbocycles. The first-order valence-corrected chi connectivity index (χ1v) is 11.1. The fourth-order valence-corrected chi connectivity index (χ4v) is 5.82. The number of hydrogen-bond acceptors (Lipinski definition) is 6. The van der Waals surface area contributed by atoms with E-state index in [-0.39, 0.29) is 25.0 Å². The van der Waals surface area contributed by atoms with Gasteiger partial charge in [0.2, 0.25) is 20.0 Å². The molecule has 2 aliphatic heterocycles. The minimum Gasteiger partial charge on any atom is -0.297 e. The highest BCUT2D eigenvalue weighted by atomic mass is 32.2. The van der Waals surface area contributed by atoms with E-state index in [0.29, 0.717) is 24.5 Å². The summed E-state index contributed by atoms with van der Waals surface area (Å²) in [6, 6.07) is 0.500. The van der Waals surface area contributed by atoms with Crippen molar-refractivity contribution in [2.24, 2.45) is 10.6 Å². The maximum absolute atomic E-state index is 12.3. The number of rotatable bonds is 6. The second-order valence-electron chi connectivity index (χ2n) is 7.71. The number of likely N-dealkylation sites (tertiary alicyclic amines) is 2. The standard InChI is InChI=1S/C13H26N4O4S2/c1-13(2)4-3-12(13)17-7-11(8-17)23(20,21)15-9-16-5-10(6-16)22(14,18)19/h10-12,15H,3-9H2,1-2H3,(H2,14,18,19). The van der Waals surface area contributed by atoms with Crippen molar-refractivity contribution in [3.8, 4) is 0 Å². The molecule has 1 unspecified atom stereocenters. The molecule has 0 radical (unpaired) electrons. The Labute approximate surface area is 138 Å². The first-order valence-electron chi connectivity index (χ1n) is 7.95. The first kappa shape index (κ1) is 17.6. The van der Waals surface area contributed by atoms with Crippen LogP contribution in [0, 0.1) is 5.41 Å². The Kier molecular flexibility index (Phi) is 4.30. The number of primary sulfonamides is 1. The molecule has 23 heavy (non-hydrogen) atoms. The van der Waals surface area contributed by atoms with Crippen LogP contribution in [0.1, 0.15) is 26.7 Å². The van der Waals surface area contributed by atoms with Crippen LogP contribution in [0.3, 0.4) is 0 Å². The predicted octanol–water partition coefficient (Wildman–Crippen LogP) is -1.29. The van der Waals surface area contributed by atoms with E-state index in [0.717, 1.165) is 6.42 Å². The monoisotopic (exact) mass is 366 g/mol. The van der Waals surface area contributed by atoms with Crippen molar-refractivity contribution in [3.05, 3.63) is 0 Å². The fraction of sp³-hybridized carbons (Fsp3) is 1.00. The molecule has 0 spiro atoms. The summed E-state index contributed by atoms with van der Waals surface area (Å²) in [5.74, 6) is 0. The second-order valence-corrected chi connectivity index (χ2v) is 11.6. The minimum absolute atomic E-state index is 0.153. The van der Waals surface area contributed by atoms with Crippen LogP contribution in [-0.4, -0.2) is 76.0 Å². The van der Waals surface area contributed by atoms with Gasteiger partial charge >= 0.3 is 0 Å². The van der Waals surface area contributed by atoms with Crippen LogP contribution in [0.5, 0.6) is 0 Å². The van der Waals surface area contributed by atoms with E-state index in [1.54, 1.807) is 4.90 Å². The highest BCUT2D eigenvalue weighted by molar-refractivity contribution is 7.90. The summed E-state index contributed by atoms with van der Waals surface area (Å²) in [7, 11) is -6.86. The molecule has 134 valence electrons. The summed E-state index contributed by atoms with van der Waals surface area (Å²) in [6.45, 7) is 6.36. The molecule has 2 saturated heterocycles. The lowest BCUT2D eigenvalue weighted by atomic mass is 9.66. The largest absolute Gasteiger partial charge is 0.297 e. The molecule has 3 aliphatic rings. The van der Waals surface area contributed by atoms with Gasteiger partial charge in [0.1, 0.15) is 10.5 Å². The van der Waals surface area contributed by atoms with Gasteiger partial charge in [0.05, 0.1) is 6.67 Å². The number of sulfonamides is 2. The lowest BCUT2D eigenvalue weighted by Gasteiger charge is -2.55. The molecule has 1 aliphatic carbocycles. The van der Waals surface area contributed by atoms with Gasteiger partial charge in [-0.25, -0.2) is 26.7 Å². The third-order valence-corrected chi connectivity index (χ3v) is 8.53. The molecule has 0 aromatic carbocycles. The molecule has 0 aromatic rings. The van der Waals surface area contributed by atoms with E-state index >= 15 is 0 Å². The van der Waals surface area contributed by atoms with Crippen molar-refractivity contribution < 1.29 is 16.8 Å². The maximum atomic E-state index is 12.3. The van der Waals surface area contributed by atoms with Crippen molar-refractivity contribution in [2.75, 3.05) is 32.8 Å². The second kappa shape index (κ2) is 5.63. The van der Waals surface area contributed by atoms with E-state index in [1.807, 2.05) is 0 Å². The van der Waals surface area contributed by atoms with Crippen molar-refractivity contribution in [2.45, 2.75) is 43.2 Å². The smallest absolute Gasteiger partial charge is 0.218 e. The number of hydrogen-bond donors (Lipinski definition) is 2. The summed E-state index contributed by atoms with van der Waals surface area (Å²) in [4.78, 5) is 3.99. The van der Waals surface area contributed by atoms with Crippen LogP contribution in [0.4, 0.5) is 0 Å². The zero-order chi connectivity index (χ0) is 17.0. The minimum atomic E-state index is -3.51. The van der Waals surface area contributed by atoms with Crippen LogP contribution in [0.15, 0.2) is 0 Å². The van der Waals surface area contributed by atoms with Crippen molar-refractivity contribution in [3.63, 3.8) is 0 Å². The van der Waals surface area contributed by atoms with E-state index < -0.39 is 25.3 Å². The van der Waals surface area contributed by atoms with E-state index in [4.69, 9.17) is 5.14 Å². The van der Waals surface area contributed by atoms with E-state index in [9.17, 15) is 16.8 Å². The first-order chi connectivity index (χ1) is 10.5. The van der Waals surface area contributed by atoms with Gasteiger partial charge in [0.25, 0.3) is 0 Å². The Hall–Kier alpha value is -0.260. The van der Waals surface area contributed by atoms with E-state index in [1.165, 1.54) is 6.42 Å². The van der Waals surface area contributed by atoms with Crippen LogP contribution >= 0.6 is 0 Å². The summed E-state index contributed by atoms with van der Waals surface area (Å²) in [5, 5.41) is 4.11. The van der Waals surface area contributed by atoms with Crippen LogP contribution in [-0.2, 0) is 20.0 Å². The Morgan fingerprint density at radius 2 is 1.70 bits per heavy atom. The Morgan fingerprint density at radius 3 is 2.13 bits per heavy atom. The van der Waals surface area contributed by atoms with Gasteiger partial charge in [-0.1, -0.05) is 13.8 Å². The van der Waals surface area contributed by atoms with Crippen molar-refractivity contribution >= 4 is 20.0 Å². The molecule has 3 fully saturated rings. The van der Waals surface area contributed by atoms with Crippen LogP contribution < -0.4 is 9.86 Å². The number of nitrogens with one attached hydrogen (secondary N) is 1. The molecule has 0 bridgehead atoms. The molecule has 0 amide bonds. The van der Waals surface area contributed by atoms with Crippen LogP contribution in [0.2, 0.25) is 0 Å². The zero-order valence-electron chi connectivity index (χ0n) is 13.6. The van der Waals surface area contributed by atoms with Gasteiger partial charge in [-0.2, -0.15) is 0 Å². The third kappa shape index (κ3) is 3.42.